The number of nitrogens with zero attached hydrogens (tertiary/aromatic N) is 1. The third-order valence-corrected chi connectivity index (χ3v) is 6.66. The second-order valence-electron chi connectivity index (χ2n) is 6.81. The molecule has 1 atom stereocenters. The van der Waals surface area contributed by atoms with E-state index < -0.39 is 21.9 Å². The van der Waals surface area contributed by atoms with Gasteiger partial charge in [-0.25, -0.2) is 13.2 Å². The molecule has 2 aromatic carbocycles. The molecule has 1 heterocycles. The molecule has 1 fully saturated rings. The van der Waals surface area contributed by atoms with Gasteiger partial charge in [-0.1, -0.05) is 24.3 Å². The summed E-state index contributed by atoms with van der Waals surface area (Å²) in [6.07, 6.45) is 1.21. The van der Waals surface area contributed by atoms with Crippen LogP contribution in [0.4, 0.5) is 5.69 Å². The standard InChI is InChI=1S/C21H24N2O5S/c1-2-28-21(25)16-8-6-10-18(14-16)22-20(24)17-9-7-13-23(15-17)29(26,27)19-11-4-3-5-12-19/h3-6,8,10-12,14,17H,2,7,9,13,15H2,1H3,(H,22,24)/t17-/m0/s1. The molecule has 7 nitrogen and oxygen atoms in total. The van der Waals surface area contributed by atoms with Crippen LogP contribution in [0.3, 0.4) is 0 Å². The molecule has 0 unspecified atom stereocenters. The Hall–Kier alpha value is -2.71. The topological polar surface area (TPSA) is 92.8 Å². The molecule has 3 rings (SSSR count). The van der Waals surface area contributed by atoms with E-state index in [1.807, 2.05) is 0 Å². The van der Waals surface area contributed by atoms with E-state index >= 15 is 0 Å². The lowest BCUT2D eigenvalue weighted by Crippen LogP contribution is -2.43. The summed E-state index contributed by atoms with van der Waals surface area (Å²) in [4.78, 5) is 24.8. The number of carbonyl (C=O) groups excluding carboxylic acids is 2. The normalized spacial score (nSPS) is 17.5. The second kappa shape index (κ2) is 9.19. The first-order valence-electron chi connectivity index (χ1n) is 9.55. The van der Waals surface area contributed by atoms with Crippen molar-refractivity contribution < 1.29 is 22.7 Å². The van der Waals surface area contributed by atoms with E-state index in [0.717, 1.165) is 0 Å². The molecule has 0 radical (unpaired) electrons. The molecule has 1 N–H and O–H groups in total. The highest BCUT2D eigenvalue weighted by Crippen LogP contribution is 2.25. The van der Waals surface area contributed by atoms with Crippen LogP contribution in [0.1, 0.15) is 30.1 Å². The van der Waals surface area contributed by atoms with Crippen molar-refractivity contribution in [2.75, 3.05) is 25.0 Å². The smallest absolute Gasteiger partial charge is 0.338 e. The molecule has 0 aromatic heterocycles. The Labute approximate surface area is 170 Å². The summed E-state index contributed by atoms with van der Waals surface area (Å²) in [5.41, 5.74) is 0.824. The number of rotatable bonds is 6. The Bertz CT molecular complexity index is 976. The van der Waals surface area contributed by atoms with Gasteiger partial charge in [0, 0.05) is 18.8 Å². The predicted octanol–water partition coefficient (Wildman–Crippen LogP) is 2.90. The average molecular weight is 416 g/mol. The minimum atomic E-state index is -3.63. The lowest BCUT2D eigenvalue weighted by Gasteiger charge is -2.31. The van der Waals surface area contributed by atoms with Gasteiger partial charge in [-0.15, -0.1) is 0 Å². The van der Waals surface area contributed by atoms with Crippen molar-refractivity contribution >= 4 is 27.6 Å². The largest absolute Gasteiger partial charge is 0.462 e. The molecule has 1 aliphatic heterocycles. The maximum atomic E-state index is 12.8. The maximum absolute atomic E-state index is 12.8. The third-order valence-electron chi connectivity index (χ3n) is 4.78. The number of hydrogen-bond donors (Lipinski definition) is 1. The first-order valence-corrected chi connectivity index (χ1v) is 11.0. The van der Waals surface area contributed by atoms with Crippen molar-refractivity contribution in [3.05, 3.63) is 60.2 Å². The number of piperidine rings is 1. The van der Waals surface area contributed by atoms with Crippen LogP contribution < -0.4 is 5.32 Å². The Morgan fingerprint density at radius 3 is 2.62 bits per heavy atom. The van der Waals surface area contributed by atoms with Crippen LogP contribution in [0, 0.1) is 5.92 Å². The fraction of sp³-hybridized carbons (Fsp3) is 0.333. The number of sulfonamides is 1. The van der Waals surface area contributed by atoms with Crippen LogP contribution in [0.25, 0.3) is 0 Å². The fourth-order valence-corrected chi connectivity index (χ4v) is 4.84. The molecule has 0 saturated carbocycles. The lowest BCUT2D eigenvalue weighted by molar-refractivity contribution is -0.120. The van der Waals surface area contributed by atoms with Crippen molar-refractivity contribution in [3.8, 4) is 0 Å². The zero-order chi connectivity index (χ0) is 20.9. The monoisotopic (exact) mass is 416 g/mol. The number of ether oxygens (including phenoxy) is 1. The number of anilines is 1. The Morgan fingerprint density at radius 2 is 1.90 bits per heavy atom. The highest BCUT2D eigenvalue weighted by atomic mass is 32.2. The van der Waals surface area contributed by atoms with Gasteiger partial charge in [-0.05, 0) is 50.1 Å². The summed E-state index contributed by atoms with van der Waals surface area (Å²) in [5.74, 6) is -1.19. The van der Waals surface area contributed by atoms with Crippen molar-refractivity contribution in [3.63, 3.8) is 0 Å². The average Bonchev–Trinajstić information content (AvgIpc) is 2.75. The van der Waals surface area contributed by atoms with E-state index in [0.29, 0.717) is 30.6 Å². The zero-order valence-corrected chi connectivity index (χ0v) is 17.0. The molecule has 0 spiro atoms. The van der Waals surface area contributed by atoms with Gasteiger partial charge in [-0.2, -0.15) is 4.31 Å². The van der Waals surface area contributed by atoms with Crippen molar-refractivity contribution in [1.82, 2.24) is 4.31 Å². The van der Waals surface area contributed by atoms with Crippen LogP contribution in [0.2, 0.25) is 0 Å². The van der Waals surface area contributed by atoms with Crippen LogP contribution in [-0.2, 0) is 19.6 Å². The number of esters is 1. The summed E-state index contributed by atoms with van der Waals surface area (Å²) in [7, 11) is -3.63. The highest BCUT2D eigenvalue weighted by molar-refractivity contribution is 7.89. The number of benzene rings is 2. The molecule has 1 amide bonds. The van der Waals surface area contributed by atoms with Gasteiger partial charge in [0.05, 0.1) is 23.0 Å². The molecule has 1 aliphatic rings. The van der Waals surface area contributed by atoms with E-state index in [1.54, 1.807) is 61.5 Å². The minimum Gasteiger partial charge on any atom is -0.462 e. The highest BCUT2D eigenvalue weighted by Gasteiger charge is 2.33. The van der Waals surface area contributed by atoms with Gasteiger partial charge in [0.25, 0.3) is 0 Å². The number of hydrogen-bond acceptors (Lipinski definition) is 5. The van der Waals surface area contributed by atoms with Gasteiger partial charge in [0.15, 0.2) is 0 Å². The quantitative estimate of drug-likeness (QED) is 0.731. The second-order valence-corrected chi connectivity index (χ2v) is 8.74. The van der Waals surface area contributed by atoms with E-state index in [-0.39, 0.29) is 24.0 Å². The number of carbonyl (C=O) groups is 2. The molecule has 0 aliphatic carbocycles. The molecule has 1 saturated heterocycles. The molecule has 29 heavy (non-hydrogen) atoms. The first-order chi connectivity index (χ1) is 13.9. The van der Waals surface area contributed by atoms with Crippen molar-refractivity contribution in [2.24, 2.45) is 5.92 Å². The molecule has 154 valence electrons. The summed E-state index contributed by atoms with van der Waals surface area (Å²) in [5, 5.41) is 2.79. The predicted molar refractivity (Wildman–Crippen MR) is 109 cm³/mol. The van der Waals surface area contributed by atoms with Gasteiger partial charge in [0.2, 0.25) is 15.9 Å². The van der Waals surface area contributed by atoms with Gasteiger partial charge in [-0.3, -0.25) is 4.79 Å². The Balaban J connectivity index is 1.69. The van der Waals surface area contributed by atoms with E-state index in [2.05, 4.69) is 5.32 Å². The summed E-state index contributed by atoms with van der Waals surface area (Å²) in [6.45, 7) is 2.51. The molecule has 2 aromatic rings. The van der Waals surface area contributed by atoms with Crippen LogP contribution in [0.5, 0.6) is 0 Å². The summed E-state index contributed by atoms with van der Waals surface area (Å²) in [6, 6.07) is 14.7. The molecule has 8 heteroatoms. The van der Waals surface area contributed by atoms with Crippen LogP contribution >= 0.6 is 0 Å². The van der Waals surface area contributed by atoms with E-state index in [9.17, 15) is 18.0 Å². The Morgan fingerprint density at radius 1 is 1.14 bits per heavy atom. The van der Waals surface area contributed by atoms with Crippen molar-refractivity contribution in [1.29, 1.82) is 0 Å². The SMILES string of the molecule is CCOC(=O)c1cccc(NC(=O)[C@H]2CCCN(S(=O)(=O)c3ccccc3)C2)c1. The summed E-state index contributed by atoms with van der Waals surface area (Å²) >= 11 is 0. The third kappa shape index (κ3) is 5.02. The Kier molecular flexibility index (Phi) is 6.66. The van der Waals surface area contributed by atoms with E-state index in [4.69, 9.17) is 4.74 Å². The zero-order valence-electron chi connectivity index (χ0n) is 16.2. The number of amides is 1. The minimum absolute atomic E-state index is 0.126. The molecule has 0 bridgehead atoms. The maximum Gasteiger partial charge on any atom is 0.338 e. The summed E-state index contributed by atoms with van der Waals surface area (Å²) < 4.78 is 32.0. The first kappa shape index (κ1) is 21.0. The van der Waals surface area contributed by atoms with Crippen LogP contribution in [0.15, 0.2) is 59.5 Å². The van der Waals surface area contributed by atoms with Crippen LogP contribution in [-0.4, -0.2) is 44.3 Å². The lowest BCUT2D eigenvalue weighted by atomic mass is 9.98. The fourth-order valence-electron chi connectivity index (χ4n) is 3.30. The van der Waals surface area contributed by atoms with Gasteiger partial charge >= 0.3 is 5.97 Å². The van der Waals surface area contributed by atoms with Gasteiger partial charge < -0.3 is 10.1 Å². The number of nitrogens with one attached hydrogen (secondary N) is 1. The molecular formula is C21H24N2O5S. The van der Waals surface area contributed by atoms with Crippen molar-refractivity contribution in [2.45, 2.75) is 24.7 Å². The molecular weight excluding hydrogens is 392 g/mol. The van der Waals surface area contributed by atoms with E-state index in [1.165, 1.54) is 4.31 Å². The van der Waals surface area contributed by atoms with Gasteiger partial charge in [0.1, 0.15) is 0 Å².